The molecule has 0 radical (unpaired) electrons. The van der Waals surface area contributed by atoms with E-state index in [9.17, 15) is 4.79 Å². The zero-order chi connectivity index (χ0) is 23.7. The third kappa shape index (κ3) is 4.48. The summed E-state index contributed by atoms with van der Waals surface area (Å²) in [5.74, 6) is 1.27. The van der Waals surface area contributed by atoms with E-state index in [0.717, 1.165) is 16.6 Å². The maximum atomic E-state index is 12.6. The first kappa shape index (κ1) is 22.7. The fraction of sp³-hybridized carbons (Fsp3) is 0.304. The minimum absolute atomic E-state index is 0.0120. The Kier molecular flexibility index (Phi) is 6.44. The molecule has 178 valence electrons. The van der Waals surface area contributed by atoms with Crippen LogP contribution in [0.3, 0.4) is 0 Å². The molecule has 0 saturated carbocycles. The van der Waals surface area contributed by atoms with Crippen molar-refractivity contribution in [2.45, 2.75) is 24.7 Å². The summed E-state index contributed by atoms with van der Waals surface area (Å²) in [6.45, 7) is 0. The number of carbonyl (C=O) groups excluding carboxylic acids is 1. The number of hydrazine groups is 1. The number of fused-ring (bicyclic) bond motifs is 3. The summed E-state index contributed by atoms with van der Waals surface area (Å²) in [5.41, 5.74) is 8.57. The average Bonchev–Trinajstić information content (AvgIpc) is 3.47. The molecular weight excluding hydrogens is 476 g/mol. The van der Waals surface area contributed by atoms with E-state index in [1.807, 2.05) is 24.5 Å². The smallest absolute Gasteiger partial charge is 0.234 e. The molecule has 2 aromatic rings. The topological polar surface area (TPSA) is 90.5 Å². The molecule has 0 bridgehead atoms. The second kappa shape index (κ2) is 9.65. The molecule has 3 aliphatic heterocycles. The van der Waals surface area contributed by atoms with Crippen molar-refractivity contribution in [2.75, 3.05) is 25.3 Å². The molecule has 9 nitrogen and oxygen atoms in total. The molecule has 11 heteroatoms. The highest BCUT2D eigenvalue weighted by molar-refractivity contribution is 8.14. The van der Waals surface area contributed by atoms with Crippen LogP contribution in [-0.2, 0) is 4.79 Å². The summed E-state index contributed by atoms with van der Waals surface area (Å²) in [6, 6.07) is 13.6. The van der Waals surface area contributed by atoms with E-state index in [1.54, 1.807) is 32.4 Å². The number of ether oxygens (including phenoxy) is 2. The van der Waals surface area contributed by atoms with Crippen LogP contribution >= 0.6 is 23.4 Å². The van der Waals surface area contributed by atoms with Gasteiger partial charge in [0.15, 0.2) is 5.17 Å². The average molecular weight is 501 g/mol. The number of nitrogens with one attached hydrogen (secondary N) is 3. The van der Waals surface area contributed by atoms with Gasteiger partial charge in [0.25, 0.3) is 0 Å². The van der Waals surface area contributed by atoms with Gasteiger partial charge in [0.05, 0.1) is 37.7 Å². The molecule has 3 N–H and O–H groups in total. The van der Waals surface area contributed by atoms with Crippen molar-refractivity contribution in [3.8, 4) is 11.5 Å². The lowest BCUT2D eigenvalue weighted by molar-refractivity contribution is -0.113. The van der Waals surface area contributed by atoms with Gasteiger partial charge in [0.2, 0.25) is 5.91 Å². The second-order valence-electron chi connectivity index (χ2n) is 8.02. The van der Waals surface area contributed by atoms with Crippen molar-refractivity contribution in [1.29, 1.82) is 0 Å². The van der Waals surface area contributed by atoms with E-state index in [-0.39, 0.29) is 29.9 Å². The minimum Gasteiger partial charge on any atom is -0.497 e. The maximum absolute atomic E-state index is 12.6. The van der Waals surface area contributed by atoms with E-state index in [4.69, 9.17) is 21.1 Å². The number of rotatable bonds is 6. The molecule has 34 heavy (non-hydrogen) atoms. The van der Waals surface area contributed by atoms with Gasteiger partial charge >= 0.3 is 0 Å². The van der Waals surface area contributed by atoms with Crippen molar-refractivity contribution in [3.05, 3.63) is 65.5 Å². The van der Waals surface area contributed by atoms with Crippen LogP contribution in [0.25, 0.3) is 0 Å². The first-order valence-corrected chi connectivity index (χ1v) is 12.2. The summed E-state index contributed by atoms with van der Waals surface area (Å²) in [7, 11) is 3.14. The fourth-order valence-electron chi connectivity index (χ4n) is 4.28. The van der Waals surface area contributed by atoms with Crippen molar-refractivity contribution in [3.63, 3.8) is 0 Å². The van der Waals surface area contributed by atoms with Crippen LogP contribution in [0.5, 0.6) is 11.5 Å². The number of anilines is 1. The van der Waals surface area contributed by atoms with Gasteiger partial charge in [-0.2, -0.15) is 5.10 Å². The Hall–Kier alpha value is -3.08. The number of halogens is 1. The van der Waals surface area contributed by atoms with Crippen LogP contribution in [0.4, 0.5) is 5.69 Å². The predicted molar refractivity (Wildman–Crippen MR) is 134 cm³/mol. The summed E-state index contributed by atoms with van der Waals surface area (Å²) >= 11 is 7.42. The van der Waals surface area contributed by atoms with Gasteiger partial charge < -0.3 is 24.7 Å². The molecule has 3 heterocycles. The standard InChI is InChI=1S/C23H25ClN6O3S/c1-32-16-7-8-17(20(11-16)33-2)25-21(31)13-34-23-27-26-22-19-12-18(14-3-5-15(24)6-4-14)28-30(19)10-9-29(22)23/h3-11,18-19,22,26,28H,12-13H2,1-2H3,(H,25,31). The number of hydrazone groups is 1. The van der Waals surface area contributed by atoms with Gasteiger partial charge in [0.1, 0.15) is 17.7 Å². The van der Waals surface area contributed by atoms with Gasteiger partial charge in [-0.1, -0.05) is 35.5 Å². The SMILES string of the molecule is COc1ccc(NC(=O)CSC2=NNC3C4CC(c5ccc(Cl)cc5)NN4C=CN23)c(OC)c1. The lowest BCUT2D eigenvalue weighted by atomic mass is 10.00. The van der Waals surface area contributed by atoms with Gasteiger partial charge in [-0.3, -0.25) is 10.2 Å². The molecule has 2 aromatic carbocycles. The van der Waals surface area contributed by atoms with E-state index < -0.39 is 0 Å². The van der Waals surface area contributed by atoms with Crippen LogP contribution in [-0.4, -0.2) is 53.2 Å². The van der Waals surface area contributed by atoms with Gasteiger partial charge in [-0.05, 0) is 36.2 Å². The summed E-state index contributed by atoms with van der Waals surface area (Å²) in [4.78, 5) is 14.7. The van der Waals surface area contributed by atoms with Crippen molar-refractivity contribution in [1.82, 2.24) is 20.8 Å². The van der Waals surface area contributed by atoms with Crippen molar-refractivity contribution < 1.29 is 14.3 Å². The van der Waals surface area contributed by atoms with Crippen LogP contribution in [0, 0.1) is 0 Å². The Morgan fingerprint density at radius 1 is 1.21 bits per heavy atom. The van der Waals surface area contributed by atoms with Crippen LogP contribution < -0.4 is 25.6 Å². The number of nitrogens with zero attached hydrogens (tertiary/aromatic N) is 3. The molecule has 0 aromatic heterocycles. The lowest BCUT2D eigenvalue weighted by Gasteiger charge is -2.36. The number of methoxy groups -OCH3 is 2. The van der Waals surface area contributed by atoms with Crippen LogP contribution in [0.1, 0.15) is 18.0 Å². The zero-order valence-electron chi connectivity index (χ0n) is 18.7. The molecule has 0 spiro atoms. The van der Waals surface area contributed by atoms with E-state index in [1.165, 1.54) is 17.3 Å². The number of amidine groups is 1. The number of benzene rings is 2. The molecule has 0 aliphatic carbocycles. The highest BCUT2D eigenvalue weighted by atomic mass is 35.5. The Morgan fingerprint density at radius 2 is 2.03 bits per heavy atom. The molecule has 3 atom stereocenters. The molecule has 1 amide bonds. The molecule has 3 aliphatic rings. The van der Waals surface area contributed by atoms with E-state index >= 15 is 0 Å². The van der Waals surface area contributed by atoms with Crippen molar-refractivity contribution >= 4 is 40.1 Å². The Bertz CT molecular complexity index is 1130. The molecule has 1 saturated heterocycles. The van der Waals surface area contributed by atoms with Crippen LogP contribution in [0.2, 0.25) is 5.02 Å². The number of hydrogen-bond donors (Lipinski definition) is 3. The number of amides is 1. The predicted octanol–water partition coefficient (Wildman–Crippen LogP) is 3.34. The largest absolute Gasteiger partial charge is 0.497 e. The Balaban J connectivity index is 1.18. The first-order chi connectivity index (χ1) is 16.6. The maximum Gasteiger partial charge on any atom is 0.234 e. The Morgan fingerprint density at radius 3 is 2.79 bits per heavy atom. The lowest BCUT2D eigenvalue weighted by Crippen LogP contribution is -2.54. The highest BCUT2D eigenvalue weighted by Crippen LogP contribution is 2.35. The van der Waals surface area contributed by atoms with Gasteiger partial charge in [0, 0.05) is 23.5 Å². The molecular formula is C23H25ClN6O3S. The molecule has 3 unspecified atom stereocenters. The Labute approximate surface area is 207 Å². The molecule has 1 fully saturated rings. The third-order valence-corrected chi connectivity index (χ3v) is 7.21. The number of hydrogen-bond acceptors (Lipinski definition) is 9. The van der Waals surface area contributed by atoms with Crippen LogP contribution in [0.15, 0.2) is 60.0 Å². The highest BCUT2D eigenvalue weighted by Gasteiger charge is 2.44. The summed E-state index contributed by atoms with van der Waals surface area (Å²) in [6.07, 6.45) is 4.89. The van der Waals surface area contributed by atoms with E-state index in [2.05, 4.69) is 43.3 Å². The fourth-order valence-corrected chi connectivity index (χ4v) is 5.18. The quantitative estimate of drug-likeness (QED) is 0.556. The molecule has 5 rings (SSSR count). The monoisotopic (exact) mass is 500 g/mol. The second-order valence-corrected chi connectivity index (χ2v) is 9.40. The third-order valence-electron chi connectivity index (χ3n) is 5.99. The normalized spacial score (nSPS) is 22.6. The van der Waals surface area contributed by atoms with E-state index in [0.29, 0.717) is 17.2 Å². The zero-order valence-corrected chi connectivity index (χ0v) is 20.3. The summed E-state index contributed by atoms with van der Waals surface area (Å²) in [5, 5.41) is 11.0. The van der Waals surface area contributed by atoms with Gasteiger partial charge in [-0.15, -0.1) is 0 Å². The summed E-state index contributed by atoms with van der Waals surface area (Å²) < 4.78 is 10.6. The number of carbonyl (C=O) groups is 1. The minimum atomic E-state index is -0.146. The van der Waals surface area contributed by atoms with Crippen molar-refractivity contribution in [2.24, 2.45) is 5.10 Å². The first-order valence-electron chi connectivity index (χ1n) is 10.8. The number of thioether (sulfide) groups is 1. The van der Waals surface area contributed by atoms with Gasteiger partial charge in [-0.25, -0.2) is 5.43 Å².